The molecular weight excluding hydrogens is 367 g/mol. The van der Waals surface area contributed by atoms with E-state index in [2.05, 4.69) is 36.2 Å². The minimum Gasteiger partial charge on any atom is -0.504 e. The van der Waals surface area contributed by atoms with Gasteiger partial charge in [0.25, 0.3) is 0 Å². The van der Waals surface area contributed by atoms with Crippen LogP contribution in [0.2, 0.25) is 0 Å². The number of pyridine rings is 1. The lowest BCUT2D eigenvalue weighted by molar-refractivity contribution is 0.404. The number of phenolic OH excluding ortho intramolecular Hbond substituents is 2. The summed E-state index contributed by atoms with van der Waals surface area (Å²) in [5.74, 6) is -0.641. The van der Waals surface area contributed by atoms with Crippen LogP contribution in [-0.4, -0.2) is 25.2 Å². The molecule has 3 N–H and O–H groups in total. The summed E-state index contributed by atoms with van der Waals surface area (Å²) in [5.41, 5.74) is 0.307. The predicted octanol–water partition coefficient (Wildman–Crippen LogP) is 3.60. The van der Waals surface area contributed by atoms with Crippen LogP contribution in [0, 0.1) is 5.82 Å². The van der Waals surface area contributed by atoms with Gasteiger partial charge < -0.3 is 15.5 Å². The smallest absolute Gasteiger partial charge is 0.229 e. The van der Waals surface area contributed by atoms with Crippen molar-refractivity contribution in [2.24, 2.45) is 0 Å². The molecule has 0 aliphatic carbocycles. The monoisotopic (exact) mass is 376 g/mol. The van der Waals surface area contributed by atoms with E-state index in [1.807, 2.05) is 0 Å². The topological polar surface area (TPSA) is 91.2 Å². The lowest BCUT2D eigenvalue weighted by Gasteiger charge is -2.08. The summed E-state index contributed by atoms with van der Waals surface area (Å²) >= 11 is 3.28. The first-order valence-corrected chi connectivity index (χ1v) is 7.26. The van der Waals surface area contributed by atoms with E-state index in [0.717, 1.165) is 10.7 Å². The molecule has 0 aliphatic heterocycles. The summed E-state index contributed by atoms with van der Waals surface area (Å²) in [6.45, 7) is 0. The van der Waals surface area contributed by atoms with Gasteiger partial charge in [-0.2, -0.15) is 0 Å². The number of benzene rings is 1. The van der Waals surface area contributed by atoms with Crippen molar-refractivity contribution in [1.29, 1.82) is 0 Å². The zero-order valence-electron chi connectivity index (χ0n) is 11.5. The van der Waals surface area contributed by atoms with E-state index in [1.54, 1.807) is 18.3 Å². The van der Waals surface area contributed by atoms with Crippen LogP contribution in [0.1, 0.15) is 0 Å². The van der Waals surface area contributed by atoms with Crippen LogP contribution in [0.4, 0.5) is 16.2 Å². The van der Waals surface area contributed by atoms with Crippen molar-refractivity contribution in [3.05, 3.63) is 53.0 Å². The highest BCUT2D eigenvalue weighted by molar-refractivity contribution is 9.10. The minimum atomic E-state index is -0.649. The van der Waals surface area contributed by atoms with Gasteiger partial charge >= 0.3 is 0 Å². The molecule has 2 aromatic heterocycles. The molecule has 3 rings (SSSR count). The average molecular weight is 377 g/mol. The van der Waals surface area contributed by atoms with E-state index in [0.29, 0.717) is 11.4 Å². The van der Waals surface area contributed by atoms with E-state index in [1.165, 1.54) is 18.2 Å². The van der Waals surface area contributed by atoms with Gasteiger partial charge in [0.15, 0.2) is 17.3 Å². The molecule has 3 aromatic rings. The Bertz CT molecular complexity index is 859. The zero-order valence-corrected chi connectivity index (χ0v) is 13.1. The zero-order chi connectivity index (χ0) is 16.4. The number of aromatic nitrogens is 3. The van der Waals surface area contributed by atoms with Crippen LogP contribution in [0.3, 0.4) is 0 Å². The number of phenols is 2. The third-order valence-electron chi connectivity index (χ3n) is 2.96. The molecule has 0 fully saturated rings. The van der Waals surface area contributed by atoms with Crippen molar-refractivity contribution in [3.8, 4) is 22.8 Å². The number of aromatic hydroxyl groups is 2. The van der Waals surface area contributed by atoms with Crippen LogP contribution in [-0.2, 0) is 0 Å². The number of hydrogen-bond donors (Lipinski definition) is 3. The largest absolute Gasteiger partial charge is 0.504 e. The van der Waals surface area contributed by atoms with E-state index < -0.39 is 5.82 Å². The third-order valence-corrected chi connectivity index (χ3v) is 3.43. The van der Waals surface area contributed by atoms with E-state index >= 15 is 0 Å². The van der Waals surface area contributed by atoms with Crippen molar-refractivity contribution >= 4 is 27.7 Å². The number of hydrogen-bond acceptors (Lipinski definition) is 6. The van der Waals surface area contributed by atoms with Crippen molar-refractivity contribution in [2.75, 3.05) is 5.32 Å². The fourth-order valence-corrected chi connectivity index (χ4v) is 2.10. The molecule has 0 saturated heterocycles. The normalized spacial score (nSPS) is 10.5. The van der Waals surface area contributed by atoms with Crippen LogP contribution in [0.15, 0.2) is 47.2 Å². The van der Waals surface area contributed by atoms with Gasteiger partial charge in [-0.15, -0.1) is 0 Å². The highest BCUT2D eigenvalue weighted by atomic mass is 79.9. The highest BCUT2D eigenvalue weighted by Crippen LogP contribution is 2.31. The standard InChI is InChI=1S/C15H10BrFN4O2/c16-9-2-4-13(18-6-9)20-15-19-7-10(17)14(21-15)8-1-3-11(22)12(23)5-8/h1-7,22-23H,(H,18,19,20,21). The number of anilines is 2. The summed E-state index contributed by atoms with van der Waals surface area (Å²) in [4.78, 5) is 12.1. The maximum absolute atomic E-state index is 14.0. The van der Waals surface area contributed by atoms with E-state index in [4.69, 9.17) is 0 Å². The fourth-order valence-electron chi connectivity index (χ4n) is 1.86. The molecule has 116 valence electrons. The molecule has 0 spiro atoms. The van der Waals surface area contributed by atoms with Gasteiger partial charge in [-0.05, 0) is 46.3 Å². The van der Waals surface area contributed by atoms with Crippen molar-refractivity contribution in [3.63, 3.8) is 0 Å². The van der Waals surface area contributed by atoms with Crippen LogP contribution >= 0.6 is 15.9 Å². The molecule has 8 heteroatoms. The SMILES string of the molecule is Oc1ccc(-c2nc(Nc3ccc(Br)cn3)ncc2F)cc1O. The summed E-state index contributed by atoms with van der Waals surface area (Å²) in [5, 5.41) is 21.7. The second kappa shape index (κ2) is 6.17. The maximum atomic E-state index is 14.0. The molecule has 0 bridgehead atoms. The Morgan fingerprint density at radius 1 is 1.00 bits per heavy atom. The molecule has 0 unspecified atom stereocenters. The third kappa shape index (κ3) is 3.37. The van der Waals surface area contributed by atoms with E-state index in [-0.39, 0.29) is 23.1 Å². The molecule has 23 heavy (non-hydrogen) atoms. The lowest BCUT2D eigenvalue weighted by Crippen LogP contribution is -2.01. The summed E-state index contributed by atoms with van der Waals surface area (Å²) in [7, 11) is 0. The quantitative estimate of drug-likeness (QED) is 0.605. The van der Waals surface area contributed by atoms with Crippen LogP contribution in [0.5, 0.6) is 11.5 Å². The molecule has 0 amide bonds. The fraction of sp³-hybridized carbons (Fsp3) is 0. The van der Waals surface area contributed by atoms with Gasteiger partial charge in [0.05, 0.1) is 6.20 Å². The van der Waals surface area contributed by atoms with Crippen molar-refractivity contribution in [2.45, 2.75) is 0 Å². The Labute approximate surface area is 138 Å². The molecule has 0 radical (unpaired) electrons. The van der Waals surface area contributed by atoms with Gasteiger partial charge in [-0.3, -0.25) is 0 Å². The summed E-state index contributed by atoms with van der Waals surface area (Å²) in [6.07, 6.45) is 2.62. The minimum absolute atomic E-state index is 0.00471. The second-order valence-electron chi connectivity index (χ2n) is 4.58. The second-order valence-corrected chi connectivity index (χ2v) is 5.50. The molecule has 0 aliphatic rings. The predicted molar refractivity (Wildman–Crippen MR) is 86.0 cm³/mol. The number of halogens is 2. The lowest BCUT2D eigenvalue weighted by atomic mass is 10.1. The summed E-state index contributed by atoms with van der Waals surface area (Å²) in [6, 6.07) is 7.43. The number of rotatable bonds is 3. The molecule has 6 nitrogen and oxygen atoms in total. The molecule has 1 aromatic carbocycles. The number of nitrogens with one attached hydrogen (secondary N) is 1. The van der Waals surface area contributed by atoms with Gasteiger partial charge in [0.1, 0.15) is 11.5 Å². The van der Waals surface area contributed by atoms with E-state index in [9.17, 15) is 14.6 Å². The van der Waals surface area contributed by atoms with Crippen LogP contribution < -0.4 is 5.32 Å². The van der Waals surface area contributed by atoms with Gasteiger partial charge in [0.2, 0.25) is 5.95 Å². The maximum Gasteiger partial charge on any atom is 0.229 e. The van der Waals surface area contributed by atoms with Gasteiger partial charge in [0, 0.05) is 16.2 Å². The van der Waals surface area contributed by atoms with Gasteiger partial charge in [-0.1, -0.05) is 0 Å². The Balaban J connectivity index is 1.95. The summed E-state index contributed by atoms with van der Waals surface area (Å²) < 4.78 is 14.8. The number of nitrogens with zero attached hydrogens (tertiary/aromatic N) is 3. The Morgan fingerprint density at radius 2 is 1.83 bits per heavy atom. The molecule has 0 atom stereocenters. The molecule has 0 saturated carbocycles. The van der Waals surface area contributed by atoms with Crippen molar-refractivity contribution < 1.29 is 14.6 Å². The molecule has 2 heterocycles. The van der Waals surface area contributed by atoms with Crippen LogP contribution in [0.25, 0.3) is 11.3 Å². The Morgan fingerprint density at radius 3 is 2.52 bits per heavy atom. The highest BCUT2D eigenvalue weighted by Gasteiger charge is 2.12. The average Bonchev–Trinajstić information content (AvgIpc) is 2.54. The molecular formula is C15H10BrFN4O2. The first-order valence-electron chi connectivity index (χ1n) is 6.46. The Kier molecular flexibility index (Phi) is 4.07. The van der Waals surface area contributed by atoms with Gasteiger partial charge in [-0.25, -0.2) is 19.3 Å². The first kappa shape index (κ1) is 15.2. The first-order chi connectivity index (χ1) is 11.0. The Hall–Kier alpha value is -2.74. The van der Waals surface area contributed by atoms with Crippen molar-refractivity contribution in [1.82, 2.24) is 15.0 Å².